The third-order valence-corrected chi connectivity index (χ3v) is 6.31. The Balaban J connectivity index is 1.63. The van der Waals surface area contributed by atoms with Crippen molar-refractivity contribution in [3.63, 3.8) is 0 Å². The molecule has 1 aliphatic heterocycles. The lowest BCUT2D eigenvalue weighted by molar-refractivity contribution is 0.144. The SMILES string of the molecule is CCc1ccc(OC[C@@H]2c3cc(OC)c(OC)cc3CCN2C(=O)Nc2cccc(Cl)c2)cc1. The highest BCUT2D eigenvalue weighted by Gasteiger charge is 2.33. The van der Waals surface area contributed by atoms with Crippen molar-refractivity contribution in [2.75, 3.05) is 32.7 Å². The van der Waals surface area contributed by atoms with Crippen LogP contribution in [0.15, 0.2) is 60.7 Å². The second kappa shape index (κ2) is 10.7. The zero-order chi connectivity index (χ0) is 24.1. The van der Waals surface area contributed by atoms with Crippen LogP contribution in [0.3, 0.4) is 0 Å². The van der Waals surface area contributed by atoms with Gasteiger partial charge in [0.25, 0.3) is 0 Å². The van der Waals surface area contributed by atoms with Crippen LogP contribution in [0, 0.1) is 0 Å². The van der Waals surface area contributed by atoms with Crippen molar-refractivity contribution < 1.29 is 19.0 Å². The number of halogens is 1. The number of benzene rings is 3. The van der Waals surface area contributed by atoms with Crippen molar-refractivity contribution in [3.05, 3.63) is 82.4 Å². The molecule has 0 saturated heterocycles. The molecular formula is C27H29ClN2O4. The van der Waals surface area contributed by atoms with E-state index in [2.05, 4.69) is 24.4 Å². The van der Waals surface area contributed by atoms with Crippen molar-refractivity contribution >= 4 is 23.3 Å². The highest BCUT2D eigenvalue weighted by Crippen LogP contribution is 2.38. The predicted octanol–water partition coefficient (Wildman–Crippen LogP) is 6.13. The molecule has 3 aromatic rings. The zero-order valence-corrected chi connectivity index (χ0v) is 20.4. The normalized spacial score (nSPS) is 14.8. The van der Waals surface area contributed by atoms with Crippen LogP contribution in [0.4, 0.5) is 10.5 Å². The molecule has 1 heterocycles. The van der Waals surface area contributed by atoms with E-state index in [0.717, 1.165) is 23.3 Å². The first kappa shape index (κ1) is 23.8. The fraction of sp³-hybridized carbons (Fsp3) is 0.296. The number of aryl methyl sites for hydroxylation is 1. The molecule has 7 heteroatoms. The molecule has 2 amide bonds. The number of hydrogen-bond acceptors (Lipinski definition) is 4. The van der Waals surface area contributed by atoms with Gasteiger partial charge >= 0.3 is 6.03 Å². The van der Waals surface area contributed by atoms with Gasteiger partial charge in [0.2, 0.25) is 0 Å². The van der Waals surface area contributed by atoms with Gasteiger partial charge in [-0.1, -0.05) is 36.7 Å². The summed E-state index contributed by atoms with van der Waals surface area (Å²) in [5.74, 6) is 2.06. The van der Waals surface area contributed by atoms with E-state index in [0.29, 0.717) is 41.8 Å². The first-order valence-corrected chi connectivity index (χ1v) is 11.7. The van der Waals surface area contributed by atoms with Gasteiger partial charge in [-0.2, -0.15) is 0 Å². The summed E-state index contributed by atoms with van der Waals surface area (Å²) in [5, 5.41) is 3.53. The standard InChI is InChI=1S/C27H29ClN2O4/c1-4-18-8-10-22(11-9-18)34-17-24-23-16-26(33-3)25(32-2)14-19(23)12-13-30(24)27(31)29-21-7-5-6-20(28)15-21/h5-11,14-16,24H,4,12-13,17H2,1-3H3,(H,29,31)/t24-/m1/s1. The number of carbonyl (C=O) groups excluding carboxylic acids is 1. The van der Waals surface area contributed by atoms with Crippen molar-refractivity contribution in [3.8, 4) is 17.2 Å². The van der Waals surface area contributed by atoms with Gasteiger partial charge in [0.05, 0.1) is 20.3 Å². The molecule has 0 aliphatic carbocycles. The summed E-state index contributed by atoms with van der Waals surface area (Å²) in [5.41, 5.74) is 3.98. The Hall–Kier alpha value is -3.38. The van der Waals surface area contributed by atoms with E-state index in [-0.39, 0.29) is 12.1 Å². The lowest BCUT2D eigenvalue weighted by Gasteiger charge is -2.37. The number of fused-ring (bicyclic) bond motifs is 1. The molecule has 0 unspecified atom stereocenters. The maximum atomic E-state index is 13.3. The number of hydrogen-bond donors (Lipinski definition) is 1. The number of rotatable bonds is 7. The van der Waals surface area contributed by atoms with E-state index in [9.17, 15) is 4.79 Å². The largest absolute Gasteiger partial charge is 0.493 e. The van der Waals surface area contributed by atoms with Crippen LogP contribution in [-0.2, 0) is 12.8 Å². The molecule has 34 heavy (non-hydrogen) atoms. The van der Waals surface area contributed by atoms with Gasteiger partial charge in [0, 0.05) is 17.3 Å². The summed E-state index contributed by atoms with van der Waals surface area (Å²) in [4.78, 5) is 15.1. The molecule has 6 nitrogen and oxygen atoms in total. The number of anilines is 1. The Morgan fingerprint density at radius 1 is 1.06 bits per heavy atom. The smallest absolute Gasteiger partial charge is 0.322 e. The van der Waals surface area contributed by atoms with Gasteiger partial charge in [-0.25, -0.2) is 4.79 Å². The fourth-order valence-corrected chi connectivity index (χ4v) is 4.40. The van der Waals surface area contributed by atoms with Gasteiger partial charge in [-0.15, -0.1) is 0 Å². The van der Waals surface area contributed by atoms with Crippen LogP contribution in [-0.4, -0.2) is 38.3 Å². The summed E-state index contributed by atoms with van der Waals surface area (Å²) in [6.45, 7) is 2.96. The lowest BCUT2D eigenvalue weighted by atomic mass is 9.92. The number of nitrogens with one attached hydrogen (secondary N) is 1. The Morgan fingerprint density at radius 3 is 2.47 bits per heavy atom. The molecule has 0 saturated carbocycles. The maximum Gasteiger partial charge on any atom is 0.322 e. The summed E-state index contributed by atoms with van der Waals surface area (Å²) in [6, 6.07) is 18.6. The lowest BCUT2D eigenvalue weighted by Crippen LogP contribution is -2.44. The fourth-order valence-electron chi connectivity index (χ4n) is 4.21. The monoisotopic (exact) mass is 480 g/mol. The highest BCUT2D eigenvalue weighted by molar-refractivity contribution is 6.30. The van der Waals surface area contributed by atoms with Crippen LogP contribution in [0.5, 0.6) is 17.2 Å². The number of ether oxygens (including phenoxy) is 3. The van der Waals surface area contributed by atoms with Crippen molar-refractivity contribution in [2.24, 2.45) is 0 Å². The molecule has 178 valence electrons. The Kier molecular flexibility index (Phi) is 7.48. The van der Waals surface area contributed by atoms with Crippen LogP contribution in [0.25, 0.3) is 0 Å². The molecular weight excluding hydrogens is 452 g/mol. The molecule has 1 atom stereocenters. The van der Waals surface area contributed by atoms with Crippen molar-refractivity contribution in [1.82, 2.24) is 4.90 Å². The second-order valence-corrected chi connectivity index (χ2v) is 8.55. The summed E-state index contributed by atoms with van der Waals surface area (Å²) in [6.07, 6.45) is 1.66. The molecule has 3 aromatic carbocycles. The topological polar surface area (TPSA) is 60.0 Å². The molecule has 4 rings (SSSR count). The van der Waals surface area contributed by atoms with Crippen LogP contribution < -0.4 is 19.5 Å². The Labute approximate surface area is 205 Å². The van der Waals surface area contributed by atoms with Gasteiger partial charge < -0.3 is 24.4 Å². The summed E-state index contributed by atoms with van der Waals surface area (Å²) >= 11 is 6.10. The van der Waals surface area contributed by atoms with Gasteiger partial charge in [-0.3, -0.25) is 0 Å². The molecule has 0 radical (unpaired) electrons. The van der Waals surface area contributed by atoms with E-state index >= 15 is 0 Å². The molecule has 1 aliphatic rings. The minimum atomic E-state index is -0.311. The average Bonchev–Trinajstić information content (AvgIpc) is 2.86. The number of carbonyl (C=O) groups is 1. The third kappa shape index (κ3) is 5.23. The van der Waals surface area contributed by atoms with Crippen molar-refractivity contribution in [1.29, 1.82) is 0 Å². The number of urea groups is 1. The van der Waals surface area contributed by atoms with E-state index in [1.807, 2.05) is 30.3 Å². The van der Waals surface area contributed by atoms with E-state index in [1.165, 1.54) is 5.56 Å². The summed E-state index contributed by atoms with van der Waals surface area (Å²) < 4.78 is 17.2. The highest BCUT2D eigenvalue weighted by atomic mass is 35.5. The van der Waals surface area contributed by atoms with Gasteiger partial charge in [-0.05, 0) is 72.0 Å². The first-order valence-electron chi connectivity index (χ1n) is 11.3. The minimum Gasteiger partial charge on any atom is -0.493 e. The van der Waals surface area contributed by atoms with E-state index in [1.54, 1.807) is 37.3 Å². The summed E-state index contributed by atoms with van der Waals surface area (Å²) in [7, 11) is 3.23. The second-order valence-electron chi connectivity index (χ2n) is 8.11. The number of methoxy groups -OCH3 is 2. The van der Waals surface area contributed by atoms with Crippen LogP contribution >= 0.6 is 11.6 Å². The maximum absolute atomic E-state index is 13.3. The van der Waals surface area contributed by atoms with Crippen LogP contribution in [0.1, 0.15) is 29.7 Å². The van der Waals surface area contributed by atoms with Gasteiger partial charge in [0.1, 0.15) is 12.4 Å². The molecule has 0 fully saturated rings. The van der Waals surface area contributed by atoms with E-state index in [4.69, 9.17) is 25.8 Å². The quantitative estimate of drug-likeness (QED) is 0.442. The van der Waals surface area contributed by atoms with Gasteiger partial charge in [0.15, 0.2) is 11.5 Å². The Morgan fingerprint density at radius 2 is 1.79 bits per heavy atom. The molecule has 0 bridgehead atoms. The molecule has 0 aromatic heterocycles. The Bertz CT molecular complexity index is 1150. The minimum absolute atomic E-state index is 0.211. The predicted molar refractivity (Wildman–Crippen MR) is 134 cm³/mol. The third-order valence-electron chi connectivity index (χ3n) is 6.08. The molecule has 0 spiro atoms. The number of amides is 2. The first-order chi connectivity index (χ1) is 16.5. The zero-order valence-electron chi connectivity index (χ0n) is 19.6. The number of nitrogens with zero attached hydrogens (tertiary/aromatic N) is 1. The van der Waals surface area contributed by atoms with Crippen molar-refractivity contribution in [2.45, 2.75) is 25.8 Å². The van der Waals surface area contributed by atoms with E-state index < -0.39 is 0 Å². The molecule has 1 N–H and O–H groups in total. The van der Waals surface area contributed by atoms with Crippen LogP contribution in [0.2, 0.25) is 5.02 Å². The average molecular weight is 481 g/mol.